The molecule has 0 bridgehead atoms. The van der Waals surface area contributed by atoms with Gasteiger partial charge in [0.2, 0.25) is 0 Å². The van der Waals surface area contributed by atoms with Crippen LogP contribution in [-0.4, -0.2) is 34.9 Å². The first-order chi connectivity index (χ1) is 7.98. The SMILES string of the molecule is O=C(c1ccc(O)cc1)N1CCC(F)(F)CC1. The number of carbonyl (C=O) groups excluding carboxylic acids is 1. The predicted molar refractivity (Wildman–Crippen MR) is 58.2 cm³/mol. The fourth-order valence-corrected chi connectivity index (χ4v) is 1.82. The summed E-state index contributed by atoms with van der Waals surface area (Å²) in [5.74, 6) is -2.83. The molecule has 0 radical (unpaired) electrons. The molecule has 1 saturated heterocycles. The lowest BCUT2D eigenvalue weighted by Gasteiger charge is -2.31. The van der Waals surface area contributed by atoms with Gasteiger partial charge in [0.25, 0.3) is 11.8 Å². The van der Waals surface area contributed by atoms with E-state index in [9.17, 15) is 13.6 Å². The van der Waals surface area contributed by atoms with E-state index in [1.165, 1.54) is 29.2 Å². The molecule has 1 aliphatic heterocycles. The second-order valence-electron chi connectivity index (χ2n) is 4.20. The number of nitrogens with zero attached hydrogens (tertiary/aromatic N) is 1. The molecule has 92 valence electrons. The lowest BCUT2D eigenvalue weighted by Crippen LogP contribution is -2.42. The van der Waals surface area contributed by atoms with Gasteiger partial charge in [-0.15, -0.1) is 0 Å². The third kappa shape index (κ3) is 2.72. The minimum Gasteiger partial charge on any atom is -0.508 e. The van der Waals surface area contributed by atoms with Crippen LogP contribution in [0.15, 0.2) is 24.3 Å². The summed E-state index contributed by atoms with van der Waals surface area (Å²) in [7, 11) is 0. The Morgan fingerprint density at radius 1 is 1.18 bits per heavy atom. The second kappa shape index (κ2) is 4.31. The van der Waals surface area contributed by atoms with Crippen LogP contribution in [0.1, 0.15) is 23.2 Å². The van der Waals surface area contributed by atoms with Gasteiger partial charge in [0.1, 0.15) is 5.75 Å². The van der Waals surface area contributed by atoms with Crippen molar-refractivity contribution < 1.29 is 18.7 Å². The van der Waals surface area contributed by atoms with Crippen molar-refractivity contribution >= 4 is 5.91 Å². The highest BCUT2D eigenvalue weighted by atomic mass is 19.3. The first-order valence-electron chi connectivity index (χ1n) is 5.44. The quantitative estimate of drug-likeness (QED) is 0.819. The highest BCUT2D eigenvalue weighted by molar-refractivity contribution is 5.94. The van der Waals surface area contributed by atoms with Gasteiger partial charge in [-0.05, 0) is 24.3 Å². The van der Waals surface area contributed by atoms with Crippen molar-refractivity contribution in [3.63, 3.8) is 0 Å². The minimum absolute atomic E-state index is 0.0757. The molecule has 0 saturated carbocycles. The van der Waals surface area contributed by atoms with Crippen LogP contribution in [0, 0.1) is 0 Å². The molecule has 3 nitrogen and oxygen atoms in total. The smallest absolute Gasteiger partial charge is 0.253 e. The van der Waals surface area contributed by atoms with E-state index in [-0.39, 0.29) is 37.6 Å². The average Bonchev–Trinajstić information content (AvgIpc) is 2.29. The lowest BCUT2D eigenvalue weighted by atomic mass is 10.1. The Morgan fingerprint density at radius 3 is 2.24 bits per heavy atom. The number of likely N-dealkylation sites (tertiary alicyclic amines) is 1. The molecule has 17 heavy (non-hydrogen) atoms. The second-order valence-corrected chi connectivity index (χ2v) is 4.20. The van der Waals surface area contributed by atoms with Gasteiger partial charge in [-0.2, -0.15) is 0 Å². The van der Waals surface area contributed by atoms with Crippen molar-refractivity contribution in [1.82, 2.24) is 4.90 Å². The van der Waals surface area contributed by atoms with Crippen LogP contribution in [0.3, 0.4) is 0 Å². The average molecular weight is 241 g/mol. The molecule has 0 aromatic heterocycles. The van der Waals surface area contributed by atoms with Crippen LogP contribution >= 0.6 is 0 Å². The summed E-state index contributed by atoms with van der Waals surface area (Å²) in [5.41, 5.74) is 0.410. The molecule has 0 spiro atoms. The van der Waals surface area contributed by atoms with Crippen molar-refractivity contribution in [2.45, 2.75) is 18.8 Å². The van der Waals surface area contributed by atoms with Crippen LogP contribution in [0.25, 0.3) is 0 Å². The topological polar surface area (TPSA) is 40.5 Å². The van der Waals surface area contributed by atoms with Crippen LogP contribution in [0.5, 0.6) is 5.75 Å². The molecule has 1 fully saturated rings. The third-order valence-electron chi connectivity index (χ3n) is 2.90. The van der Waals surface area contributed by atoms with Gasteiger partial charge in [0.15, 0.2) is 0 Å². The van der Waals surface area contributed by atoms with Crippen molar-refractivity contribution in [2.24, 2.45) is 0 Å². The number of rotatable bonds is 1. The standard InChI is InChI=1S/C12H13F2NO2/c13-12(14)5-7-15(8-6-12)11(17)9-1-3-10(16)4-2-9/h1-4,16H,5-8H2. The van der Waals surface area contributed by atoms with E-state index < -0.39 is 5.92 Å². The number of benzene rings is 1. The minimum atomic E-state index is -2.65. The van der Waals surface area contributed by atoms with E-state index >= 15 is 0 Å². The summed E-state index contributed by atoms with van der Waals surface area (Å²) < 4.78 is 25.9. The predicted octanol–water partition coefficient (Wildman–Crippen LogP) is 2.26. The number of carbonyl (C=O) groups is 1. The number of aromatic hydroxyl groups is 1. The maximum atomic E-state index is 12.9. The molecule has 0 aliphatic carbocycles. The fraction of sp³-hybridized carbons (Fsp3) is 0.417. The summed E-state index contributed by atoms with van der Waals surface area (Å²) in [5, 5.41) is 9.09. The molecule has 1 heterocycles. The number of piperidine rings is 1. The van der Waals surface area contributed by atoms with Gasteiger partial charge in [-0.25, -0.2) is 8.78 Å². The number of amides is 1. The Hall–Kier alpha value is -1.65. The summed E-state index contributed by atoms with van der Waals surface area (Å²) in [6, 6.07) is 5.80. The van der Waals surface area contributed by atoms with E-state index in [0.717, 1.165) is 0 Å². The summed E-state index contributed by atoms with van der Waals surface area (Å²) in [6.07, 6.45) is -0.562. The zero-order valence-electron chi connectivity index (χ0n) is 9.20. The van der Waals surface area contributed by atoms with Gasteiger partial charge in [0.05, 0.1) is 0 Å². The summed E-state index contributed by atoms with van der Waals surface area (Å²) >= 11 is 0. The molecule has 5 heteroatoms. The zero-order valence-corrected chi connectivity index (χ0v) is 9.20. The van der Waals surface area contributed by atoms with Crippen LogP contribution in [-0.2, 0) is 0 Å². The Balaban J connectivity index is 2.04. The Kier molecular flexibility index (Phi) is 3.00. The highest BCUT2D eigenvalue weighted by Gasteiger charge is 2.35. The van der Waals surface area contributed by atoms with E-state index in [1.807, 2.05) is 0 Å². The van der Waals surface area contributed by atoms with Gasteiger partial charge in [0, 0.05) is 31.5 Å². The first kappa shape index (κ1) is 11.8. The normalized spacial score (nSPS) is 19.1. The van der Waals surface area contributed by atoms with Crippen molar-refractivity contribution in [1.29, 1.82) is 0 Å². The van der Waals surface area contributed by atoms with Gasteiger partial charge in [-0.3, -0.25) is 4.79 Å². The third-order valence-corrected chi connectivity index (χ3v) is 2.90. The monoisotopic (exact) mass is 241 g/mol. The van der Waals surface area contributed by atoms with Crippen molar-refractivity contribution in [3.8, 4) is 5.75 Å². The highest BCUT2D eigenvalue weighted by Crippen LogP contribution is 2.28. The molecule has 1 aromatic carbocycles. The fourth-order valence-electron chi connectivity index (χ4n) is 1.82. The molecule has 1 amide bonds. The van der Waals surface area contributed by atoms with E-state index in [4.69, 9.17) is 5.11 Å². The Morgan fingerprint density at radius 2 is 1.71 bits per heavy atom. The number of alkyl halides is 2. The van der Waals surface area contributed by atoms with Gasteiger partial charge in [-0.1, -0.05) is 0 Å². The van der Waals surface area contributed by atoms with Crippen LogP contribution < -0.4 is 0 Å². The number of hydrogen-bond acceptors (Lipinski definition) is 2. The molecular weight excluding hydrogens is 228 g/mol. The molecule has 1 aliphatic rings. The Labute approximate surface area is 97.7 Å². The van der Waals surface area contributed by atoms with E-state index in [0.29, 0.717) is 5.56 Å². The number of halogens is 2. The zero-order chi connectivity index (χ0) is 12.5. The number of phenolic OH excluding ortho intramolecular Hbond substituents is 1. The molecule has 0 unspecified atom stereocenters. The largest absolute Gasteiger partial charge is 0.508 e. The van der Waals surface area contributed by atoms with E-state index in [1.54, 1.807) is 0 Å². The van der Waals surface area contributed by atoms with Crippen LogP contribution in [0.4, 0.5) is 8.78 Å². The van der Waals surface area contributed by atoms with E-state index in [2.05, 4.69) is 0 Å². The molecule has 0 atom stereocenters. The number of hydrogen-bond donors (Lipinski definition) is 1. The maximum Gasteiger partial charge on any atom is 0.253 e. The molecule has 2 rings (SSSR count). The lowest BCUT2D eigenvalue weighted by molar-refractivity contribution is -0.0494. The summed E-state index contributed by atoms with van der Waals surface area (Å²) in [6.45, 7) is 0.152. The summed E-state index contributed by atoms with van der Waals surface area (Å²) in [4.78, 5) is 13.3. The van der Waals surface area contributed by atoms with Gasteiger partial charge >= 0.3 is 0 Å². The van der Waals surface area contributed by atoms with Crippen molar-refractivity contribution in [2.75, 3.05) is 13.1 Å². The molecular formula is C12H13F2NO2. The number of phenols is 1. The van der Waals surface area contributed by atoms with Crippen LogP contribution in [0.2, 0.25) is 0 Å². The van der Waals surface area contributed by atoms with Gasteiger partial charge < -0.3 is 10.0 Å². The Bertz CT molecular complexity index is 407. The molecule has 1 N–H and O–H groups in total. The first-order valence-corrected chi connectivity index (χ1v) is 5.44. The molecule has 1 aromatic rings. The maximum absolute atomic E-state index is 12.9. The van der Waals surface area contributed by atoms with Crippen molar-refractivity contribution in [3.05, 3.63) is 29.8 Å².